The molecule has 0 unspecified atom stereocenters. The van der Waals surface area contributed by atoms with E-state index in [1.165, 1.54) is 5.41 Å². The minimum atomic E-state index is -3.36. The standard InChI is InChI=1S/C15H13NO3S/c1-19-14-8-3-2-6-12(14)16-13-7-4-5-11-9-10-20(17,18)15(11)13/h2-10,16H,1H3. The van der Waals surface area contributed by atoms with Gasteiger partial charge in [-0.05, 0) is 29.8 Å². The Kier molecular flexibility index (Phi) is 2.99. The first-order chi connectivity index (χ1) is 9.62. The Hall–Kier alpha value is -2.27. The summed E-state index contributed by atoms with van der Waals surface area (Å²) in [4.78, 5) is 0.311. The molecule has 0 saturated carbocycles. The van der Waals surface area contributed by atoms with Crippen LogP contribution in [0.1, 0.15) is 5.56 Å². The van der Waals surface area contributed by atoms with Crippen molar-refractivity contribution in [2.75, 3.05) is 12.4 Å². The predicted octanol–water partition coefficient (Wildman–Crippen LogP) is 3.20. The molecular weight excluding hydrogens is 274 g/mol. The number of sulfone groups is 1. The van der Waals surface area contributed by atoms with Gasteiger partial charge in [0, 0.05) is 5.41 Å². The highest BCUT2D eigenvalue weighted by atomic mass is 32.2. The Labute approximate surface area is 117 Å². The van der Waals surface area contributed by atoms with Gasteiger partial charge in [-0.15, -0.1) is 0 Å². The molecule has 0 bridgehead atoms. The molecule has 1 N–H and O–H groups in total. The van der Waals surface area contributed by atoms with Crippen molar-refractivity contribution in [1.82, 2.24) is 0 Å². The van der Waals surface area contributed by atoms with Crippen molar-refractivity contribution in [2.45, 2.75) is 4.90 Å². The molecule has 3 rings (SSSR count). The molecule has 20 heavy (non-hydrogen) atoms. The molecule has 0 aliphatic carbocycles. The van der Waals surface area contributed by atoms with Crippen LogP contribution in [0.25, 0.3) is 6.08 Å². The number of nitrogens with one attached hydrogen (secondary N) is 1. The Balaban J connectivity index is 2.08. The molecule has 1 aliphatic rings. The lowest BCUT2D eigenvalue weighted by Crippen LogP contribution is -2.01. The number of methoxy groups -OCH3 is 1. The molecule has 0 spiro atoms. The van der Waals surface area contributed by atoms with Crippen molar-refractivity contribution >= 4 is 27.3 Å². The van der Waals surface area contributed by atoms with Crippen LogP contribution in [0.15, 0.2) is 52.8 Å². The molecule has 4 nitrogen and oxygen atoms in total. The lowest BCUT2D eigenvalue weighted by Gasteiger charge is -2.13. The van der Waals surface area contributed by atoms with Crippen LogP contribution < -0.4 is 10.1 Å². The smallest absolute Gasteiger partial charge is 0.202 e. The Bertz CT molecular complexity index is 795. The van der Waals surface area contributed by atoms with Gasteiger partial charge in [-0.25, -0.2) is 8.42 Å². The van der Waals surface area contributed by atoms with Crippen molar-refractivity contribution < 1.29 is 13.2 Å². The maximum Gasteiger partial charge on any atom is 0.202 e. The fraction of sp³-hybridized carbons (Fsp3) is 0.0667. The first-order valence-electron chi connectivity index (χ1n) is 6.08. The summed E-state index contributed by atoms with van der Waals surface area (Å²) >= 11 is 0. The number of hydrogen-bond acceptors (Lipinski definition) is 4. The molecule has 2 aromatic rings. The zero-order valence-electron chi connectivity index (χ0n) is 10.8. The van der Waals surface area contributed by atoms with Gasteiger partial charge in [0.1, 0.15) is 10.6 Å². The van der Waals surface area contributed by atoms with E-state index < -0.39 is 9.84 Å². The predicted molar refractivity (Wildman–Crippen MR) is 78.9 cm³/mol. The summed E-state index contributed by atoms with van der Waals surface area (Å²) in [5, 5.41) is 4.36. The fourth-order valence-electron chi connectivity index (χ4n) is 2.23. The second kappa shape index (κ2) is 4.68. The summed E-state index contributed by atoms with van der Waals surface area (Å²) in [5.74, 6) is 0.661. The number of fused-ring (bicyclic) bond motifs is 1. The number of para-hydroxylation sites is 2. The molecule has 0 saturated heterocycles. The van der Waals surface area contributed by atoms with Crippen LogP contribution in [0, 0.1) is 0 Å². The van der Waals surface area contributed by atoms with E-state index >= 15 is 0 Å². The summed E-state index contributed by atoms with van der Waals surface area (Å²) in [6.45, 7) is 0. The van der Waals surface area contributed by atoms with Gasteiger partial charge in [0.05, 0.1) is 18.5 Å². The molecule has 0 amide bonds. The quantitative estimate of drug-likeness (QED) is 0.942. The van der Waals surface area contributed by atoms with Gasteiger partial charge < -0.3 is 10.1 Å². The lowest BCUT2D eigenvalue weighted by molar-refractivity contribution is 0.417. The molecule has 0 fully saturated rings. The number of rotatable bonds is 3. The monoisotopic (exact) mass is 287 g/mol. The topological polar surface area (TPSA) is 55.4 Å². The highest BCUT2D eigenvalue weighted by Gasteiger charge is 2.24. The molecule has 102 valence electrons. The maximum absolute atomic E-state index is 12.1. The van der Waals surface area contributed by atoms with Gasteiger partial charge in [-0.1, -0.05) is 24.3 Å². The number of hydrogen-bond donors (Lipinski definition) is 1. The summed E-state index contributed by atoms with van der Waals surface area (Å²) in [5.41, 5.74) is 1.98. The Morgan fingerprint density at radius 1 is 1.00 bits per heavy atom. The average Bonchev–Trinajstić information content (AvgIpc) is 2.76. The molecule has 0 atom stereocenters. The Morgan fingerprint density at radius 3 is 2.55 bits per heavy atom. The van der Waals surface area contributed by atoms with Crippen LogP contribution in [-0.2, 0) is 9.84 Å². The molecule has 5 heteroatoms. The van der Waals surface area contributed by atoms with E-state index in [2.05, 4.69) is 5.32 Å². The summed E-state index contributed by atoms with van der Waals surface area (Å²) in [6, 6.07) is 12.7. The fourth-order valence-corrected chi connectivity index (χ4v) is 3.58. The van der Waals surface area contributed by atoms with Crippen LogP contribution in [0.4, 0.5) is 11.4 Å². The molecule has 0 radical (unpaired) electrons. The molecule has 2 aromatic carbocycles. The van der Waals surface area contributed by atoms with Gasteiger partial charge >= 0.3 is 0 Å². The van der Waals surface area contributed by atoms with Crippen molar-refractivity contribution in [3.8, 4) is 5.75 Å². The largest absolute Gasteiger partial charge is 0.495 e. The third-order valence-electron chi connectivity index (χ3n) is 3.13. The minimum absolute atomic E-state index is 0.311. The van der Waals surface area contributed by atoms with E-state index in [1.54, 1.807) is 25.3 Å². The first-order valence-corrected chi connectivity index (χ1v) is 7.63. The van der Waals surface area contributed by atoms with E-state index in [0.717, 1.165) is 5.69 Å². The summed E-state index contributed by atoms with van der Waals surface area (Å²) in [6.07, 6.45) is 1.61. The van der Waals surface area contributed by atoms with Crippen LogP contribution in [0.5, 0.6) is 5.75 Å². The molecular formula is C15H13NO3S. The average molecular weight is 287 g/mol. The SMILES string of the molecule is COc1ccccc1Nc1cccc2c1S(=O)(=O)C=C2. The summed E-state index contributed by atoms with van der Waals surface area (Å²) < 4.78 is 29.4. The maximum atomic E-state index is 12.1. The van der Waals surface area contributed by atoms with Crippen molar-refractivity contribution in [3.63, 3.8) is 0 Å². The highest BCUT2D eigenvalue weighted by molar-refractivity contribution is 7.95. The molecule has 0 aromatic heterocycles. The number of benzene rings is 2. The van der Waals surface area contributed by atoms with Gasteiger partial charge in [0.25, 0.3) is 0 Å². The van der Waals surface area contributed by atoms with E-state index in [1.807, 2.05) is 30.3 Å². The van der Waals surface area contributed by atoms with E-state index in [4.69, 9.17) is 4.74 Å². The number of anilines is 2. The van der Waals surface area contributed by atoms with Gasteiger partial charge in [-0.2, -0.15) is 0 Å². The second-order valence-corrected chi connectivity index (χ2v) is 6.17. The van der Waals surface area contributed by atoms with Gasteiger partial charge in [0.2, 0.25) is 9.84 Å². The zero-order chi connectivity index (χ0) is 14.2. The van der Waals surface area contributed by atoms with Crippen LogP contribution in [-0.4, -0.2) is 15.5 Å². The molecule has 1 heterocycles. The van der Waals surface area contributed by atoms with E-state index in [0.29, 0.717) is 21.9 Å². The van der Waals surface area contributed by atoms with Crippen LogP contribution in [0.2, 0.25) is 0 Å². The number of ether oxygens (including phenoxy) is 1. The van der Waals surface area contributed by atoms with Crippen molar-refractivity contribution in [1.29, 1.82) is 0 Å². The lowest BCUT2D eigenvalue weighted by atomic mass is 10.2. The van der Waals surface area contributed by atoms with E-state index in [-0.39, 0.29) is 0 Å². The Morgan fingerprint density at radius 2 is 1.75 bits per heavy atom. The van der Waals surface area contributed by atoms with E-state index in [9.17, 15) is 8.42 Å². The normalized spacial score (nSPS) is 14.8. The third kappa shape index (κ3) is 2.06. The second-order valence-electron chi connectivity index (χ2n) is 4.40. The van der Waals surface area contributed by atoms with Crippen LogP contribution >= 0.6 is 0 Å². The van der Waals surface area contributed by atoms with Crippen molar-refractivity contribution in [3.05, 3.63) is 53.4 Å². The van der Waals surface area contributed by atoms with Crippen LogP contribution in [0.3, 0.4) is 0 Å². The first kappa shape index (κ1) is 12.7. The zero-order valence-corrected chi connectivity index (χ0v) is 11.6. The van der Waals surface area contributed by atoms with Gasteiger partial charge in [0.15, 0.2) is 0 Å². The van der Waals surface area contributed by atoms with Gasteiger partial charge in [-0.3, -0.25) is 0 Å². The molecule has 1 aliphatic heterocycles. The summed E-state index contributed by atoms with van der Waals surface area (Å²) in [7, 11) is -1.78. The third-order valence-corrected chi connectivity index (χ3v) is 4.65. The van der Waals surface area contributed by atoms with Crippen molar-refractivity contribution in [2.24, 2.45) is 0 Å². The highest BCUT2D eigenvalue weighted by Crippen LogP contribution is 2.36. The minimum Gasteiger partial charge on any atom is -0.495 e.